The van der Waals surface area contributed by atoms with Gasteiger partial charge in [0.2, 0.25) is 0 Å². The van der Waals surface area contributed by atoms with Crippen molar-refractivity contribution < 1.29 is 9.90 Å². The number of aromatic hydroxyl groups is 1. The first-order chi connectivity index (χ1) is 11.6. The first-order valence-electron chi connectivity index (χ1n) is 7.87. The fraction of sp³-hybridized carbons (Fsp3) is 0.222. The molecule has 1 aromatic heterocycles. The second kappa shape index (κ2) is 6.72. The molecule has 2 aromatic carbocycles. The molecule has 0 unspecified atom stereocenters. The number of H-pyrrole nitrogens is 1. The molecule has 0 aliphatic heterocycles. The number of amides is 1. The van der Waals surface area contributed by atoms with Gasteiger partial charge < -0.3 is 21.1 Å². The number of benzene rings is 2. The third-order valence-electron chi connectivity index (χ3n) is 3.90. The standard InChI is InChI=1S/C18H20N4O2/c1-11-10-12(18(24)20-9-3-8-19)6-7-13(11)17-21-14-4-2-5-15(23)16(14)22-17/h2,4-7,10,23H,3,8-9,19H2,1H3,(H,20,24)(H,21,22). The lowest BCUT2D eigenvalue weighted by molar-refractivity contribution is 0.0953. The number of phenolic OH excluding ortho intramolecular Hbond substituents is 1. The lowest BCUT2D eigenvalue weighted by Crippen LogP contribution is -2.26. The van der Waals surface area contributed by atoms with E-state index >= 15 is 0 Å². The highest BCUT2D eigenvalue weighted by molar-refractivity contribution is 5.95. The third kappa shape index (κ3) is 3.09. The number of aromatic amines is 1. The molecule has 24 heavy (non-hydrogen) atoms. The van der Waals surface area contributed by atoms with Crippen LogP contribution in [-0.2, 0) is 0 Å². The number of aromatic nitrogens is 2. The number of nitrogens with one attached hydrogen (secondary N) is 2. The average Bonchev–Trinajstić information content (AvgIpc) is 3.00. The molecule has 0 saturated carbocycles. The Hall–Kier alpha value is -2.86. The lowest BCUT2D eigenvalue weighted by atomic mass is 10.0. The SMILES string of the molecule is Cc1cc(C(=O)NCCCN)ccc1-c1nc2c(O)cccc2[nH]1. The number of carbonyl (C=O) groups excluding carboxylic acids is 1. The van der Waals surface area contributed by atoms with Crippen molar-refractivity contribution >= 4 is 16.9 Å². The van der Waals surface area contributed by atoms with Crippen LogP contribution in [0.1, 0.15) is 22.3 Å². The maximum atomic E-state index is 12.1. The maximum absolute atomic E-state index is 12.1. The Morgan fingerprint density at radius 2 is 2.17 bits per heavy atom. The predicted octanol–water partition coefficient (Wildman–Crippen LogP) is 2.32. The van der Waals surface area contributed by atoms with Crippen LogP contribution in [0.15, 0.2) is 36.4 Å². The number of imidazole rings is 1. The summed E-state index contributed by atoms with van der Waals surface area (Å²) in [6.07, 6.45) is 0.755. The van der Waals surface area contributed by atoms with Crippen molar-refractivity contribution in [2.75, 3.05) is 13.1 Å². The first-order valence-corrected chi connectivity index (χ1v) is 7.87. The van der Waals surface area contributed by atoms with Crippen molar-refractivity contribution in [3.05, 3.63) is 47.5 Å². The molecule has 0 aliphatic rings. The number of hydrogen-bond donors (Lipinski definition) is 4. The molecule has 5 N–H and O–H groups in total. The van der Waals surface area contributed by atoms with Gasteiger partial charge in [-0.05, 0) is 49.7 Å². The van der Waals surface area contributed by atoms with Gasteiger partial charge in [0, 0.05) is 17.7 Å². The molecule has 0 fully saturated rings. The van der Waals surface area contributed by atoms with Gasteiger partial charge in [0.25, 0.3) is 5.91 Å². The van der Waals surface area contributed by atoms with Crippen molar-refractivity contribution in [2.24, 2.45) is 5.73 Å². The number of nitrogens with zero attached hydrogens (tertiary/aromatic N) is 1. The summed E-state index contributed by atoms with van der Waals surface area (Å²) in [5, 5.41) is 12.7. The Bertz CT molecular complexity index is 886. The van der Waals surface area contributed by atoms with Crippen LogP contribution in [0.3, 0.4) is 0 Å². The summed E-state index contributed by atoms with van der Waals surface area (Å²) < 4.78 is 0. The summed E-state index contributed by atoms with van der Waals surface area (Å²) in [7, 11) is 0. The second-order valence-corrected chi connectivity index (χ2v) is 5.69. The van der Waals surface area contributed by atoms with Gasteiger partial charge in [0.1, 0.15) is 17.1 Å². The van der Waals surface area contributed by atoms with Crippen LogP contribution in [0.25, 0.3) is 22.4 Å². The Morgan fingerprint density at radius 1 is 1.33 bits per heavy atom. The highest BCUT2D eigenvalue weighted by atomic mass is 16.3. The minimum Gasteiger partial charge on any atom is -0.506 e. The van der Waals surface area contributed by atoms with Gasteiger partial charge >= 0.3 is 0 Å². The molecule has 1 heterocycles. The van der Waals surface area contributed by atoms with Crippen molar-refractivity contribution in [3.63, 3.8) is 0 Å². The molecule has 0 spiro atoms. The Morgan fingerprint density at radius 3 is 2.88 bits per heavy atom. The molecule has 0 atom stereocenters. The first kappa shape index (κ1) is 16.0. The molecule has 124 valence electrons. The minimum absolute atomic E-state index is 0.111. The van der Waals surface area contributed by atoms with E-state index in [9.17, 15) is 9.90 Å². The molecule has 0 saturated heterocycles. The van der Waals surface area contributed by atoms with Crippen molar-refractivity contribution in [3.8, 4) is 17.1 Å². The fourth-order valence-corrected chi connectivity index (χ4v) is 2.62. The maximum Gasteiger partial charge on any atom is 0.251 e. The molecular formula is C18H20N4O2. The molecule has 1 amide bonds. The van der Waals surface area contributed by atoms with Crippen LogP contribution in [-0.4, -0.2) is 34.1 Å². The molecular weight excluding hydrogens is 304 g/mol. The van der Waals surface area contributed by atoms with Crippen molar-refractivity contribution in [1.29, 1.82) is 0 Å². The van der Waals surface area contributed by atoms with Gasteiger partial charge in [0.05, 0.1) is 5.52 Å². The Kier molecular flexibility index (Phi) is 4.48. The topological polar surface area (TPSA) is 104 Å². The largest absolute Gasteiger partial charge is 0.506 e. The molecule has 6 heteroatoms. The summed E-state index contributed by atoms with van der Waals surface area (Å²) >= 11 is 0. The minimum atomic E-state index is -0.111. The van der Waals surface area contributed by atoms with E-state index in [1.165, 1.54) is 0 Å². The molecule has 3 aromatic rings. The normalized spacial score (nSPS) is 10.9. The van der Waals surface area contributed by atoms with E-state index in [1.807, 2.05) is 25.1 Å². The number of rotatable bonds is 5. The highest BCUT2D eigenvalue weighted by Gasteiger charge is 2.12. The number of para-hydroxylation sites is 1. The van der Waals surface area contributed by atoms with Gasteiger partial charge in [0.15, 0.2) is 0 Å². The van der Waals surface area contributed by atoms with E-state index < -0.39 is 0 Å². The number of aryl methyl sites for hydroxylation is 1. The van der Waals surface area contributed by atoms with Gasteiger partial charge in [-0.25, -0.2) is 4.98 Å². The highest BCUT2D eigenvalue weighted by Crippen LogP contribution is 2.28. The van der Waals surface area contributed by atoms with Crippen LogP contribution in [0, 0.1) is 6.92 Å². The number of hydrogen-bond acceptors (Lipinski definition) is 4. The Balaban J connectivity index is 1.89. The summed E-state index contributed by atoms with van der Waals surface area (Å²) in [6.45, 7) is 3.05. The lowest BCUT2D eigenvalue weighted by Gasteiger charge is -2.07. The van der Waals surface area contributed by atoms with E-state index in [0.717, 1.165) is 23.1 Å². The smallest absolute Gasteiger partial charge is 0.251 e. The quantitative estimate of drug-likeness (QED) is 0.541. The second-order valence-electron chi connectivity index (χ2n) is 5.69. The van der Waals surface area contributed by atoms with E-state index in [0.29, 0.717) is 30.0 Å². The molecule has 6 nitrogen and oxygen atoms in total. The van der Waals surface area contributed by atoms with Crippen LogP contribution < -0.4 is 11.1 Å². The van der Waals surface area contributed by atoms with Crippen molar-refractivity contribution in [1.82, 2.24) is 15.3 Å². The number of nitrogens with two attached hydrogens (primary N) is 1. The van der Waals surface area contributed by atoms with Gasteiger partial charge in [-0.1, -0.05) is 12.1 Å². The number of carbonyl (C=O) groups is 1. The van der Waals surface area contributed by atoms with Crippen LogP contribution in [0.4, 0.5) is 0 Å². The third-order valence-corrected chi connectivity index (χ3v) is 3.90. The molecule has 0 radical (unpaired) electrons. The summed E-state index contributed by atoms with van der Waals surface area (Å²) in [4.78, 5) is 19.8. The molecule has 0 aliphatic carbocycles. The van der Waals surface area contributed by atoms with Crippen molar-refractivity contribution in [2.45, 2.75) is 13.3 Å². The fourth-order valence-electron chi connectivity index (χ4n) is 2.62. The summed E-state index contributed by atoms with van der Waals surface area (Å²) in [5.41, 5.74) is 9.16. The zero-order valence-electron chi connectivity index (χ0n) is 13.5. The van der Waals surface area contributed by atoms with E-state index in [2.05, 4.69) is 15.3 Å². The number of fused-ring (bicyclic) bond motifs is 1. The van der Waals surface area contributed by atoms with Crippen LogP contribution in [0.5, 0.6) is 5.75 Å². The van der Waals surface area contributed by atoms with E-state index in [1.54, 1.807) is 18.2 Å². The molecule has 0 bridgehead atoms. The average molecular weight is 324 g/mol. The number of phenols is 1. The molecule has 3 rings (SSSR count). The van der Waals surface area contributed by atoms with E-state index in [4.69, 9.17) is 5.73 Å². The van der Waals surface area contributed by atoms with E-state index in [-0.39, 0.29) is 11.7 Å². The predicted molar refractivity (Wildman–Crippen MR) is 93.9 cm³/mol. The van der Waals surface area contributed by atoms with Gasteiger partial charge in [-0.2, -0.15) is 0 Å². The van der Waals surface area contributed by atoms with Gasteiger partial charge in [-0.15, -0.1) is 0 Å². The van der Waals surface area contributed by atoms with Crippen LogP contribution >= 0.6 is 0 Å². The van der Waals surface area contributed by atoms with Gasteiger partial charge in [-0.3, -0.25) is 4.79 Å². The zero-order valence-corrected chi connectivity index (χ0v) is 13.5. The summed E-state index contributed by atoms with van der Waals surface area (Å²) in [5.74, 6) is 0.697. The summed E-state index contributed by atoms with van der Waals surface area (Å²) in [6, 6.07) is 10.7. The Labute approximate surface area is 139 Å². The zero-order chi connectivity index (χ0) is 17.1. The monoisotopic (exact) mass is 324 g/mol. The van der Waals surface area contributed by atoms with Crippen LogP contribution in [0.2, 0.25) is 0 Å².